The molecule has 0 saturated carbocycles. The maximum atomic E-state index is 12.5. The number of nitrogens with one attached hydrogen (secondary N) is 1. The highest BCUT2D eigenvalue weighted by Gasteiger charge is 2.32. The normalized spacial score (nSPS) is 19.0. The molecule has 3 N–H and O–H groups in total. The minimum Gasteiger partial charge on any atom is -0.370 e. The minimum absolute atomic E-state index is 0.185. The van der Waals surface area contributed by atoms with Crippen LogP contribution in [0.15, 0.2) is 44.9 Å². The van der Waals surface area contributed by atoms with Gasteiger partial charge in [0.25, 0.3) is 10.0 Å². The molecule has 1 aromatic heterocycles. The molecule has 0 aliphatic carbocycles. The Morgan fingerprint density at radius 2 is 2.15 bits per heavy atom. The van der Waals surface area contributed by atoms with Crippen LogP contribution in [-0.2, 0) is 10.0 Å². The number of anilines is 1. The maximum absolute atomic E-state index is 12.5. The molecular formula is C18H24N4O2S2. The van der Waals surface area contributed by atoms with Gasteiger partial charge in [-0.2, -0.15) is 4.31 Å². The number of nitrogens with two attached hydrogens (primary N) is 1. The third-order valence-corrected chi connectivity index (χ3v) is 7.88. The molecule has 2 heterocycles. The quantitative estimate of drug-likeness (QED) is 0.605. The van der Waals surface area contributed by atoms with Crippen LogP contribution in [0.4, 0.5) is 5.69 Å². The molecule has 0 bridgehead atoms. The van der Waals surface area contributed by atoms with Crippen LogP contribution < -0.4 is 11.1 Å². The molecule has 6 nitrogen and oxygen atoms in total. The summed E-state index contributed by atoms with van der Waals surface area (Å²) in [6.45, 7) is 5.65. The molecule has 1 atom stereocenters. The van der Waals surface area contributed by atoms with E-state index in [0.29, 0.717) is 29.8 Å². The van der Waals surface area contributed by atoms with Crippen LogP contribution in [0.2, 0.25) is 0 Å². The third kappa shape index (κ3) is 4.25. The van der Waals surface area contributed by atoms with Gasteiger partial charge >= 0.3 is 0 Å². The minimum atomic E-state index is -3.37. The van der Waals surface area contributed by atoms with Gasteiger partial charge in [0.15, 0.2) is 5.96 Å². The fourth-order valence-corrected chi connectivity index (χ4v) is 5.61. The zero-order valence-corrected chi connectivity index (χ0v) is 16.6. The Balaban J connectivity index is 1.56. The monoisotopic (exact) mass is 392 g/mol. The molecule has 0 spiro atoms. The smallest absolute Gasteiger partial charge is 0.252 e. The molecule has 3 rings (SSSR count). The summed E-state index contributed by atoms with van der Waals surface area (Å²) in [6.07, 6.45) is 0.797. The molecular weight excluding hydrogens is 368 g/mol. The zero-order valence-electron chi connectivity index (χ0n) is 15.0. The topological polar surface area (TPSA) is 87.8 Å². The Bertz CT molecular complexity index is 892. The van der Waals surface area contributed by atoms with Crippen molar-refractivity contribution in [3.8, 4) is 0 Å². The van der Waals surface area contributed by atoms with E-state index >= 15 is 0 Å². The van der Waals surface area contributed by atoms with E-state index in [9.17, 15) is 8.42 Å². The van der Waals surface area contributed by atoms with Gasteiger partial charge < -0.3 is 11.1 Å². The van der Waals surface area contributed by atoms with Gasteiger partial charge in [0.1, 0.15) is 4.21 Å². The van der Waals surface area contributed by atoms with E-state index in [-0.39, 0.29) is 5.92 Å². The molecule has 1 fully saturated rings. The lowest BCUT2D eigenvalue weighted by molar-refractivity contribution is 0.461. The Labute approximate surface area is 158 Å². The van der Waals surface area contributed by atoms with Gasteiger partial charge in [-0.05, 0) is 60.9 Å². The van der Waals surface area contributed by atoms with Crippen molar-refractivity contribution in [2.24, 2.45) is 16.6 Å². The van der Waals surface area contributed by atoms with E-state index in [0.717, 1.165) is 12.1 Å². The Hall–Kier alpha value is -1.90. The van der Waals surface area contributed by atoms with Crippen molar-refractivity contribution >= 4 is 33.0 Å². The fourth-order valence-electron chi connectivity index (χ4n) is 2.94. The Morgan fingerprint density at radius 1 is 1.35 bits per heavy atom. The van der Waals surface area contributed by atoms with E-state index < -0.39 is 10.0 Å². The summed E-state index contributed by atoms with van der Waals surface area (Å²) in [7, 11) is -3.37. The van der Waals surface area contributed by atoms with E-state index in [1.54, 1.807) is 21.8 Å². The van der Waals surface area contributed by atoms with Crippen LogP contribution in [0.25, 0.3) is 0 Å². The molecule has 140 valence electrons. The van der Waals surface area contributed by atoms with Crippen molar-refractivity contribution in [3.05, 3.63) is 46.8 Å². The van der Waals surface area contributed by atoms with Crippen LogP contribution in [-0.4, -0.2) is 38.3 Å². The first kappa shape index (κ1) is 18.9. The van der Waals surface area contributed by atoms with Crippen molar-refractivity contribution in [3.63, 3.8) is 0 Å². The number of sulfonamides is 1. The first-order valence-corrected chi connectivity index (χ1v) is 10.9. The van der Waals surface area contributed by atoms with E-state index in [1.165, 1.54) is 22.5 Å². The van der Waals surface area contributed by atoms with Crippen molar-refractivity contribution < 1.29 is 8.42 Å². The number of rotatable bonds is 5. The number of aliphatic imine (C=N–C) groups is 1. The molecule has 2 aromatic rings. The molecule has 1 saturated heterocycles. The number of hydrogen-bond donors (Lipinski definition) is 2. The summed E-state index contributed by atoms with van der Waals surface area (Å²) in [4.78, 5) is 4.40. The summed E-state index contributed by atoms with van der Waals surface area (Å²) in [5.41, 5.74) is 9.30. The average molecular weight is 393 g/mol. The van der Waals surface area contributed by atoms with Gasteiger partial charge in [0.2, 0.25) is 0 Å². The lowest BCUT2D eigenvalue weighted by atomic mass is 10.1. The molecule has 1 unspecified atom stereocenters. The zero-order chi connectivity index (χ0) is 18.7. The molecule has 26 heavy (non-hydrogen) atoms. The van der Waals surface area contributed by atoms with Crippen molar-refractivity contribution in [1.29, 1.82) is 0 Å². The lowest BCUT2D eigenvalue weighted by Gasteiger charge is -2.15. The predicted octanol–water partition coefficient (Wildman–Crippen LogP) is 2.80. The molecule has 0 radical (unpaired) electrons. The van der Waals surface area contributed by atoms with Crippen LogP contribution in [0, 0.1) is 19.8 Å². The van der Waals surface area contributed by atoms with Crippen LogP contribution in [0.3, 0.4) is 0 Å². The number of thiophene rings is 1. The third-order valence-electron chi connectivity index (χ3n) is 4.64. The SMILES string of the molecule is Cc1ccc(NC(N)=NCC2CCN(S(=O)(=O)c3cccs3)C2)cc1C. The largest absolute Gasteiger partial charge is 0.370 e. The predicted molar refractivity (Wildman–Crippen MR) is 107 cm³/mol. The van der Waals surface area contributed by atoms with Gasteiger partial charge in [-0.1, -0.05) is 12.1 Å². The molecule has 1 aromatic carbocycles. The highest BCUT2D eigenvalue weighted by Crippen LogP contribution is 2.27. The molecule has 0 amide bonds. The average Bonchev–Trinajstić information content (AvgIpc) is 3.28. The highest BCUT2D eigenvalue weighted by atomic mass is 32.2. The number of benzene rings is 1. The summed E-state index contributed by atoms with van der Waals surface area (Å²) in [5, 5.41) is 4.88. The standard InChI is InChI=1S/C18H24N4O2S2/c1-13-5-6-16(10-14(13)2)21-18(19)20-11-15-7-8-22(12-15)26(23,24)17-4-3-9-25-17/h3-6,9-10,15H,7-8,11-12H2,1-2H3,(H3,19,20,21). The van der Waals surface area contributed by atoms with Gasteiger partial charge in [0.05, 0.1) is 0 Å². The van der Waals surface area contributed by atoms with E-state index in [2.05, 4.69) is 24.2 Å². The van der Waals surface area contributed by atoms with Gasteiger partial charge in [-0.15, -0.1) is 11.3 Å². The molecule has 1 aliphatic heterocycles. The van der Waals surface area contributed by atoms with Crippen molar-refractivity contribution in [2.75, 3.05) is 25.0 Å². The second-order valence-corrected chi connectivity index (χ2v) is 9.71. The number of hydrogen-bond acceptors (Lipinski definition) is 4. The van der Waals surface area contributed by atoms with Crippen LogP contribution in [0.5, 0.6) is 0 Å². The number of aryl methyl sites for hydroxylation is 2. The second-order valence-electron chi connectivity index (χ2n) is 6.60. The maximum Gasteiger partial charge on any atom is 0.252 e. The lowest BCUT2D eigenvalue weighted by Crippen LogP contribution is -2.29. The summed E-state index contributed by atoms with van der Waals surface area (Å²) < 4.78 is 27.0. The summed E-state index contributed by atoms with van der Waals surface area (Å²) >= 11 is 1.25. The van der Waals surface area contributed by atoms with E-state index in [4.69, 9.17) is 5.73 Å². The summed E-state index contributed by atoms with van der Waals surface area (Å²) in [6, 6.07) is 9.44. The first-order valence-electron chi connectivity index (χ1n) is 8.54. The Morgan fingerprint density at radius 3 is 2.85 bits per heavy atom. The summed E-state index contributed by atoms with van der Waals surface area (Å²) in [5.74, 6) is 0.539. The van der Waals surface area contributed by atoms with Gasteiger partial charge in [-0.3, -0.25) is 4.99 Å². The van der Waals surface area contributed by atoms with Gasteiger partial charge in [0, 0.05) is 25.3 Å². The first-order chi connectivity index (χ1) is 12.4. The van der Waals surface area contributed by atoms with Crippen LogP contribution >= 0.6 is 11.3 Å². The van der Waals surface area contributed by atoms with Gasteiger partial charge in [-0.25, -0.2) is 8.42 Å². The highest BCUT2D eigenvalue weighted by molar-refractivity contribution is 7.91. The fraction of sp³-hybridized carbons (Fsp3) is 0.389. The second kappa shape index (κ2) is 7.77. The Kier molecular flexibility index (Phi) is 5.64. The molecule has 8 heteroatoms. The molecule has 1 aliphatic rings. The number of guanidine groups is 1. The van der Waals surface area contributed by atoms with Crippen molar-refractivity contribution in [1.82, 2.24) is 4.31 Å². The van der Waals surface area contributed by atoms with Crippen LogP contribution in [0.1, 0.15) is 17.5 Å². The van der Waals surface area contributed by atoms with Crippen molar-refractivity contribution in [2.45, 2.75) is 24.5 Å². The number of nitrogens with zero attached hydrogens (tertiary/aromatic N) is 2. The van der Waals surface area contributed by atoms with E-state index in [1.807, 2.05) is 18.2 Å².